The molecule has 0 unspecified atom stereocenters. The first-order valence-corrected chi connectivity index (χ1v) is 17.0. The fraction of sp³-hybridized carbons (Fsp3) is 0.844. The molecule has 0 saturated carbocycles. The Morgan fingerprint density at radius 3 is 1.37 bits per heavy atom. The third-order valence-electron chi connectivity index (χ3n) is 7.72. The van der Waals surface area contributed by atoms with E-state index in [1.165, 1.54) is 65.2 Å². The number of nitrogens with two attached hydrogens (primary N) is 3. The molecule has 0 heterocycles. The van der Waals surface area contributed by atoms with E-state index in [1.807, 2.05) is 0 Å². The van der Waals surface area contributed by atoms with Gasteiger partial charge in [-0.3, -0.25) is 24.0 Å². The van der Waals surface area contributed by atoms with E-state index < -0.39 is 47.8 Å². The van der Waals surface area contributed by atoms with Crippen molar-refractivity contribution in [3.05, 3.63) is 0 Å². The minimum Gasteiger partial charge on any atom is -0.368 e. The van der Waals surface area contributed by atoms with Crippen molar-refractivity contribution >= 4 is 54.3 Å². The van der Waals surface area contributed by atoms with E-state index in [0.717, 1.165) is 19.3 Å². The Morgan fingerprint density at radius 2 is 0.935 bits per heavy atom. The zero-order valence-corrected chi connectivity index (χ0v) is 30.2. The van der Waals surface area contributed by atoms with Crippen LogP contribution in [0, 0.1) is 0 Å². The minimum absolute atomic E-state index is 0. The van der Waals surface area contributed by atoms with Crippen molar-refractivity contribution in [2.75, 3.05) is 13.1 Å². The van der Waals surface area contributed by atoms with Crippen molar-refractivity contribution in [3.63, 3.8) is 0 Å². The summed E-state index contributed by atoms with van der Waals surface area (Å²) in [6.07, 6.45) is 16.7. The molecule has 0 aromatic carbocycles. The van der Waals surface area contributed by atoms with E-state index in [0.29, 0.717) is 58.0 Å². The molecular formula is C32H65Cl2N7O5. The number of amides is 5. The van der Waals surface area contributed by atoms with Gasteiger partial charge in [-0.1, -0.05) is 71.1 Å². The van der Waals surface area contributed by atoms with Crippen LogP contribution in [0.4, 0.5) is 0 Å². The number of halogens is 2. The van der Waals surface area contributed by atoms with Gasteiger partial charge >= 0.3 is 0 Å². The van der Waals surface area contributed by atoms with Gasteiger partial charge in [-0.25, -0.2) is 0 Å². The second-order valence-corrected chi connectivity index (χ2v) is 11.9. The van der Waals surface area contributed by atoms with Gasteiger partial charge < -0.3 is 38.5 Å². The van der Waals surface area contributed by atoms with Crippen molar-refractivity contribution in [2.45, 2.75) is 161 Å². The first-order valence-electron chi connectivity index (χ1n) is 17.0. The van der Waals surface area contributed by atoms with E-state index >= 15 is 0 Å². The maximum absolute atomic E-state index is 13.1. The lowest BCUT2D eigenvalue weighted by molar-refractivity contribution is -0.134. The van der Waals surface area contributed by atoms with Crippen molar-refractivity contribution in [2.24, 2.45) is 17.2 Å². The zero-order valence-electron chi connectivity index (χ0n) is 28.5. The van der Waals surface area contributed by atoms with Crippen LogP contribution < -0.4 is 38.5 Å². The second-order valence-electron chi connectivity index (χ2n) is 11.9. The van der Waals surface area contributed by atoms with Crippen molar-refractivity contribution in [1.82, 2.24) is 21.3 Å². The topological polar surface area (TPSA) is 212 Å². The molecular weight excluding hydrogens is 633 g/mol. The van der Waals surface area contributed by atoms with E-state index in [2.05, 4.69) is 28.2 Å². The van der Waals surface area contributed by atoms with Gasteiger partial charge in [-0.2, -0.15) is 0 Å². The number of rotatable bonds is 28. The summed E-state index contributed by atoms with van der Waals surface area (Å²) in [7, 11) is 0. The third kappa shape index (κ3) is 25.0. The molecule has 0 fully saturated rings. The lowest BCUT2D eigenvalue weighted by atomic mass is 10.0. The average molecular weight is 699 g/mol. The van der Waals surface area contributed by atoms with Crippen molar-refractivity contribution in [3.8, 4) is 0 Å². The molecule has 0 aliphatic carbocycles. The van der Waals surface area contributed by atoms with Gasteiger partial charge in [-0.05, 0) is 71.9 Å². The Balaban J connectivity index is -0.00000924. The quantitative estimate of drug-likeness (QED) is 0.0606. The fourth-order valence-electron chi connectivity index (χ4n) is 4.80. The summed E-state index contributed by atoms with van der Waals surface area (Å²) in [5.74, 6) is -2.47. The van der Waals surface area contributed by atoms with Gasteiger partial charge in [-0.15, -0.1) is 24.8 Å². The Labute approximate surface area is 289 Å². The van der Waals surface area contributed by atoms with E-state index in [9.17, 15) is 24.0 Å². The molecule has 5 amide bonds. The summed E-state index contributed by atoms with van der Waals surface area (Å²) in [4.78, 5) is 62.8. The average Bonchev–Trinajstić information content (AvgIpc) is 2.98. The molecule has 0 bridgehead atoms. The van der Waals surface area contributed by atoms with Crippen LogP contribution in [0.2, 0.25) is 0 Å². The summed E-state index contributed by atoms with van der Waals surface area (Å²) in [5, 5.41) is 10.7. The summed E-state index contributed by atoms with van der Waals surface area (Å²) < 4.78 is 0. The van der Waals surface area contributed by atoms with Crippen molar-refractivity contribution < 1.29 is 24.0 Å². The van der Waals surface area contributed by atoms with Crippen LogP contribution in [0.1, 0.15) is 136 Å². The van der Waals surface area contributed by atoms with Crippen LogP contribution in [-0.4, -0.2) is 66.8 Å². The smallest absolute Gasteiger partial charge is 0.243 e. The lowest BCUT2D eigenvalue weighted by Crippen LogP contribution is -2.57. The highest BCUT2D eigenvalue weighted by Crippen LogP contribution is 2.12. The lowest BCUT2D eigenvalue weighted by Gasteiger charge is -2.24. The number of hydrogen-bond donors (Lipinski definition) is 7. The maximum atomic E-state index is 13.1. The van der Waals surface area contributed by atoms with Crippen molar-refractivity contribution in [1.29, 1.82) is 0 Å². The number of nitrogens with one attached hydrogen (secondary N) is 4. The SMILES string of the molecule is CCCCCCCCCCCCCC(=O)N[C@@H](CCCCN)C(=O)N[C@@H](C)C(=O)N[C@@H](CCCCN)C(=O)N[C@@H](C)C(N)=O.Cl.Cl. The highest BCUT2D eigenvalue weighted by Gasteiger charge is 2.28. The summed E-state index contributed by atoms with van der Waals surface area (Å²) in [6.45, 7) is 6.10. The fourth-order valence-corrected chi connectivity index (χ4v) is 4.80. The van der Waals surface area contributed by atoms with Crippen LogP contribution in [0.15, 0.2) is 0 Å². The van der Waals surface area contributed by atoms with Crippen LogP contribution >= 0.6 is 24.8 Å². The monoisotopic (exact) mass is 697 g/mol. The molecule has 0 aliphatic rings. The maximum Gasteiger partial charge on any atom is 0.243 e. The summed E-state index contributed by atoms with van der Waals surface area (Å²) in [5.41, 5.74) is 16.4. The number of hydrogen-bond acceptors (Lipinski definition) is 7. The van der Waals surface area contributed by atoms with Gasteiger partial charge in [0.05, 0.1) is 0 Å². The number of primary amides is 1. The van der Waals surface area contributed by atoms with Crippen LogP contribution in [0.3, 0.4) is 0 Å². The predicted octanol–water partition coefficient (Wildman–Crippen LogP) is 3.25. The highest BCUT2D eigenvalue weighted by atomic mass is 35.5. The molecule has 272 valence electrons. The number of unbranched alkanes of at least 4 members (excludes halogenated alkanes) is 12. The standard InChI is InChI=1S/C32H63N7O5.2ClH/c1-4-5-6-7-8-9-10-11-12-13-14-21-28(40)38-26(19-15-17-22-33)31(43)37-25(3)30(42)39-27(20-16-18-23-34)32(44)36-24(2)29(35)41;;/h24-27H,4-23,33-34H2,1-3H3,(H2,35,41)(H,36,44)(H,37,43)(H,38,40)(H,39,42);2*1H/t24-,25-,26-,27-;;/m0../s1. The normalized spacial score (nSPS) is 13.2. The van der Waals surface area contributed by atoms with Gasteiger partial charge in [0.2, 0.25) is 29.5 Å². The van der Waals surface area contributed by atoms with Gasteiger partial charge in [0.15, 0.2) is 0 Å². The van der Waals surface area contributed by atoms with Gasteiger partial charge in [0.25, 0.3) is 0 Å². The first kappa shape index (κ1) is 48.2. The molecule has 46 heavy (non-hydrogen) atoms. The molecule has 12 nitrogen and oxygen atoms in total. The Morgan fingerprint density at radius 1 is 0.522 bits per heavy atom. The minimum atomic E-state index is -0.971. The van der Waals surface area contributed by atoms with Crippen LogP contribution in [-0.2, 0) is 24.0 Å². The summed E-state index contributed by atoms with van der Waals surface area (Å²) in [6, 6.07) is -3.60. The van der Waals surface area contributed by atoms with Gasteiger partial charge in [0, 0.05) is 6.42 Å². The Bertz CT molecular complexity index is 839. The summed E-state index contributed by atoms with van der Waals surface area (Å²) >= 11 is 0. The van der Waals surface area contributed by atoms with E-state index in [4.69, 9.17) is 17.2 Å². The second kappa shape index (κ2) is 31.4. The van der Waals surface area contributed by atoms with Gasteiger partial charge in [0.1, 0.15) is 24.2 Å². The molecule has 10 N–H and O–H groups in total. The largest absolute Gasteiger partial charge is 0.368 e. The molecule has 4 atom stereocenters. The zero-order chi connectivity index (χ0) is 33.2. The Hall–Kier alpha value is -2.15. The molecule has 0 spiro atoms. The molecule has 0 rings (SSSR count). The molecule has 0 radical (unpaired) electrons. The number of carbonyl (C=O) groups excluding carboxylic acids is 5. The number of carbonyl (C=O) groups is 5. The third-order valence-corrected chi connectivity index (χ3v) is 7.72. The predicted molar refractivity (Wildman–Crippen MR) is 190 cm³/mol. The molecule has 0 aliphatic heterocycles. The molecule has 0 aromatic rings. The first-order chi connectivity index (χ1) is 21.1. The Kier molecular flexibility index (Phi) is 33.0. The molecule has 14 heteroatoms. The highest BCUT2D eigenvalue weighted by molar-refractivity contribution is 5.95. The molecule has 0 aromatic heterocycles. The van der Waals surface area contributed by atoms with Crippen LogP contribution in [0.25, 0.3) is 0 Å². The van der Waals surface area contributed by atoms with E-state index in [-0.39, 0.29) is 30.7 Å². The van der Waals surface area contributed by atoms with E-state index in [1.54, 1.807) is 0 Å². The molecule has 0 saturated heterocycles. The van der Waals surface area contributed by atoms with Crippen LogP contribution in [0.5, 0.6) is 0 Å².